The van der Waals surface area contributed by atoms with E-state index >= 15 is 0 Å². The third-order valence-corrected chi connectivity index (χ3v) is 5.80. The highest BCUT2D eigenvalue weighted by Crippen LogP contribution is 2.30. The van der Waals surface area contributed by atoms with Crippen LogP contribution in [0.1, 0.15) is 0 Å². The Morgan fingerprint density at radius 1 is 1.28 bits per heavy atom. The first-order valence-electron chi connectivity index (χ1n) is 4.62. The van der Waals surface area contributed by atoms with E-state index in [9.17, 15) is 12.8 Å². The molecule has 96 valence electrons. The van der Waals surface area contributed by atoms with Crippen molar-refractivity contribution in [3.8, 4) is 0 Å². The highest BCUT2D eigenvalue weighted by molar-refractivity contribution is 9.11. The van der Waals surface area contributed by atoms with E-state index in [-0.39, 0.29) is 14.9 Å². The molecule has 0 aliphatic rings. The van der Waals surface area contributed by atoms with Crippen LogP contribution < -0.4 is 4.72 Å². The third-order valence-electron chi connectivity index (χ3n) is 1.99. The topological polar surface area (TPSA) is 46.2 Å². The number of benzene rings is 1. The van der Waals surface area contributed by atoms with Crippen molar-refractivity contribution >= 4 is 54.6 Å². The summed E-state index contributed by atoms with van der Waals surface area (Å²) in [5, 5.41) is 0.135. The quantitative estimate of drug-likeness (QED) is 0.884. The largest absolute Gasteiger partial charge is 0.277 e. The molecule has 2 rings (SSSR count). The molecule has 0 spiro atoms. The van der Waals surface area contributed by atoms with Crippen LogP contribution in [-0.4, -0.2) is 8.42 Å². The van der Waals surface area contributed by atoms with Crippen LogP contribution in [0.5, 0.6) is 0 Å². The molecule has 1 heterocycles. The summed E-state index contributed by atoms with van der Waals surface area (Å²) in [6.45, 7) is 0. The molecule has 0 saturated heterocycles. The van der Waals surface area contributed by atoms with Crippen molar-refractivity contribution in [3.63, 3.8) is 0 Å². The van der Waals surface area contributed by atoms with Gasteiger partial charge in [0.15, 0.2) is 0 Å². The Morgan fingerprint density at radius 2 is 2.00 bits per heavy atom. The molecule has 0 aliphatic carbocycles. The molecule has 0 amide bonds. The Kier molecular flexibility index (Phi) is 3.96. The number of rotatable bonds is 3. The molecule has 8 heteroatoms. The zero-order chi connectivity index (χ0) is 13.3. The molecule has 0 atom stereocenters. The van der Waals surface area contributed by atoms with Crippen LogP contribution >= 0.6 is 38.9 Å². The van der Waals surface area contributed by atoms with Crippen molar-refractivity contribution in [3.05, 3.63) is 45.0 Å². The first kappa shape index (κ1) is 13.8. The average Bonchev–Trinajstić information content (AvgIpc) is 2.71. The Balaban J connectivity index is 2.36. The molecule has 1 aromatic heterocycles. The summed E-state index contributed by atoms with van der Waals surface area (Å²) in [7, 11) is -3.74. The van der Waals surface area contributed by atoms with Crippen LogP contribution in [0.15, 0.2) is 38.3 Å². The Morgan fingerprint density at radius 3 is 2.61 bits per heavy atom. The van der Waals surface area contributed by atoms with Crippen molar-refractivity contribution in [1.29, 1.82) is 0 Å². The van der Waals surface area contributed by atoms with E-state index in [4.69, 9.17) is 11.6 Å². The van der Waals surface area contributed by atoms with Crippen molar-refractivity contribution < 1.29 is 12.8 Å². The number of nitrogens with one attached hydrogen (secondary N) is 1. The van der Waals surface area contributed by atoms with Gasteiger partial charge in [0, 0.05) is 0 Å². The molecule has 0 bridgehead atoms. The molecule has 2 aromatic rings. The second-order valence-electron chi connectivity index (χ2n) is 3.29. The van der Waals surface area contributed by atoms with E-state index in [0.29, 0.717) is 3.79 Å². The van der Waals surface area contributed by atoms with Gasteiger partial charge in [-0.15, -0.1) is 11.3 Å². The predicted molar refractivity (Wildman–Crippen MR) is 74.2 cm³/mol. The van der Waals surface area contributed by atoms with Gasteiger partial charge in [0.2, 0.25) is 0 Å². The minimum absolute atomic E-state index is 0.0150. The summed E-state index contributed by atoms with van der Waals surface area (Å²) in [5.74, 6) is -0.565. The fourth-order valence-corrected chi connectivity index (χ4v) is 4.51. The Labute approximate surface area is 121 Å². The lowest BCUT2D eigenvalue weighted by Gasteiger charge is -2.07. The molecular weight excluding hydrogens is 365 g/mol. The van der Waals surface area contributed by atoms with Crippen LogP contribution in [0.25, 0.3) is 0 Å². The lowest BCUT2D eigenvalue weighted by molar-refractivity contribution is 0.603. The monoisotopic (exact) mass is 369 g/mol. The normalized spacial score (nSPS) is 11.5. The third kappa shape index (κ3) is 3.03. The zero-order valence-electron chi connectivity index (χ0n) is 8.65. The molecule has 0 aliphatic heterocycles. The fraction of sp³-hybridized carbons (Fsp3) is 0. The molecule has 1 N–H and O–H groups in total. The van der Waals surface area contributed by atoms with E-state index in [1.807, 2.05) is 0 Å². The van der Waals surface area contributed by atoms with Gasteiger partial charge in [-0.3, -0.25) is 4.72 Å². The maximum atomic E-state index is 13.0. The second-order valence-corrected chi connectivity index (χ2v) is 8.07. The van der Waals surface area contributed by atoms with Crippen LogP contribution in [0.2, 0.25) is 5.02 Å². The molecule has 0 radical (unpaired) electrons. The van der Waals surface area contributed by atoms with Crippen molar-refractivity contribution in [2.24, 2.45) is 0 Å². The number of hydrogen-bond acceptors (Lipinski definition) is 3. The fourth-order valence-electron chi connectivity index (χ4n) is 1.21. The molecule has 0 unspecified atom stereocenters. The number of sulfonamides is 1. The summed E-state index contributed by atoms with van der Waals surface area (Å²) in [6, 6.07) is 6.54. The zero-order valence-corrected chi connectivity index (χ0v) is 12.6. The van der Waals surface area contributed by atoms with Crippen molar-refractivity contribution in [2.75, 3.05) is 4.72 Å². The van der Waals surface area contributed by atoms with E-state index in [2.05, 4.69) is 20.7 Å². The maximum Gasteiger partial charge on any atom is 0.271 e. The molecular formula is C10H6BrClFNO2S2. The van der Waals surface area contributed by atoms with Gasteiger partial charge in [-0.25, -0.2) is 12.8 Å². The van der Waals surface area contributed by atoms with Crippen molar-refractivity contribution in [2.45, 2.75) is 4.21 Å². The predicted octanol–water partition coefficient (Wildman–Crippen LogP) is 4.10. The van der Waals surface area contributed by atoms with Gasteiger partial charge in [-0.2, -0.15) is 0 Å². The molecule has 0 saturated carbocycles. The van der Waals surface area contributed by atoms with E-state index < -0.39 is 15.8 Å². The van der Waals surface area contributed by atoms with Crippen LogP contribution in [0.4, 0.5) is 10.1 Å². The standard InChI is InChI=1S/C10H6BrClFNO2S2/c11-9-3-4-10(17-9)18(15,16)14-8-5-6(13)1-2-7(8)12/h1-5,14H. The van der Waals surface area contributed by atoms with Gasteiger partial charge < -0.3 is 0 Å². The number of thiophene rings is 1. The molecule has 18 heavy (non-hydrogen) atoms. The summed E-state index contributed by atoms with van der Waals surface area (Å²) >= 11 is 10.0. The van der Waals surface area contributed by atoms with Gasteiger partial charge in [-0.1, -0.05) is 11.6 Å². The summed E-state index contributed by atoms with van der Waals surface area (Å²) in [5.41, 5.74) is 0.0150. The summed E-state index contributed by atoms with van der Waals surface area (Å²) in [6.07, 6.45) is 0. The Bertz CT molecular complexity index is 687. The highest BCUT2D eigenvalue weighted by Gasteiger charge is 2.18. The smallest absolute Gasteiger partial charge is 0.271 e. The number of hydrogen-bond donors (Lipinski definition) is 1. The minimum Gasteiger partial charge on any atom is -0.277 e. The highest BCUT2D eigenvalue weighted by atomic mass is 79.9. The van der Waals surface area contributed by atoms with Crippen LogP contribution in [-0.2, 0) is 10.0 Å². The number of halogens is 3. The molecule has 3 nitrogen and oxygen atoms in total. The van der Waals surface area contributed by atoms with Crippen LogP contribution in [0, 0.1) is 5.82 Å². The van der Waals surface area contributed by atoms with Crippen LogP contribution in [0.3, 0.4) is 0 Å². The minimum atomic E-state index is -3.74. The maximum absolute atomic E-state index is 13.0. The van der Waals surface area contributed by atoms with Gasteiger partial charge in [-0.05, 0) is 46.3 Å². The molecule has 1 aromatic carbocycles. The first-order chi connectivity index (χ1) is 8.38. The first-order valence-corrected chi connectivity index (χ1v) is 8.09. The van der Waals surface area contributed by atoms with Gasteiger partial charge in [0.25, 0.3) is 10.0 Å². The van der Waals surface area contributed by atoms with Gasteiger partial charge in [0.05, 0.1) is 14.5 Å². The van der Waals surface area contributed by atoms with Gasteiger partial charge >= 0.3 is 0 Å². The van der Waals surface area contributed by atoms with E-state index in [1.54, 1.807) is 6.07 Å². The lowest BCUT2D eigenvalue weighted by atomic mass is 10.3. The molecule has 0 fully saturated rings. The number of anilines is 1. The SMILES string of the molecule is O=S(=O)(Nc1cc(F)ccc1Cl)c1ccc(Br)s1. The summed E-state index contributed by atoms with van der Waals surface area (Å²) in [4.78, 5) is 0. The van der Waals surface area contributed by atoms with Gasteiger partial charge in [0.1, 0.15) is 10.0 Å². The summed E-state index contributed by atoms with van der Waals surface area (Å²) < 4.78 is 40.0. The van der Waals surface area contributed by atoms with Crippen molar-refractivity contribution in [1.82, 2.24) is 0 Å². The Hall–Kier alpha value is -0.630. The lowest BCUT2D eigenvalue weighted by Crippen LogP contribution is -2.11. The van der Waals surface area contributed by atoms with E-state index in [1.165, 1.54) is 12.1 Å². The second kappa shape index (κ2) is 5.16. The van der Waals surface area contributed by atoms with E-state index in [0.717, 1.165) is 23.5 Å². The average molecular weight is 371 g/mol.